The molecule has 0 spiro atoms. The molecule has 0 radical (unpaired) electrons. The molecule has 3 N–H and O–H groups in total. The number of nitrogens with one attached hydrogen (secondary N) is 1. The van der Waals surface area contributed by atoms with E-state index < -0.39 is 12.1 Å². The van der Waals surface area contributed by atoms with E-state index in [4.69, 9.17) is 10.5 Å². The van der Waals surface area contributed by atoms with Crippen molar-refractivity contribution in [2.45, 2.75) is 26.4 Å². The standard InChI is InChI=1S/C18H20N2O3/c1-3-16(17(21)20-15-10-5-4-7-12(15)2)23-18(22)13-8-6-9-14(19)11-13/h4-11,16H,3,19H2,1-2H3,(H,20,21). The number of carbonyl (C=O) groups is 2. The second-order valence-corrected chi connectivity index (χ2v) is 5.23. The number of benzene rings is 2. The first-order valence-electron chi connectivity index (χ1n) is 7.44. The number of carbonyl (C=O) groups excluding carboxylic acids is 2. The van der Waals surface area contributed by atoms with Gasteiger partial charge in [0.25, 0.3) is 5.91 Å². The van der Waals surface area contributed by atoms with Crippen LogP contribution in [0.2, 0.25) is 0 Å². The average Bonchev–Trinajstić information content (AvgIpc) is 2.54. The van der Waals surface area contributed by atoms with E-state index in [0.29, 0.717) is 23.4 Å². The molecule has 1 unspecified atom stereocenters. The Morgan fingerprint density at radius 2 is 1.91 bits per heavy atom. The van der Waals surface area contributed by atoms with Crippen molar-refractivity contribution in [3.63, 3.8) is 0 Å². The highest BCUT2D eigenvalue weighted by Crippen LogP contribution is 2.16. The van der Waals surface area contributed by atoms with Crippen LogP contribution in [-0.2, 0) is 9.53 Å². The highest BCUT2D eigenvalue weighted by molar-refractivity contribution is 5.98. The maximum absolute atomic E-state index is 12.3. The van der Waals surface area contributed by atoms with E-state index in [-0.39, 0.29) is 5.91 Å². The molecule has 2 rings (SSSR count). The third-order valence-corrected chi connectivity index (χ3v) is 3.44. The molecular weight excluding hydrogens is 292 g/mol. The van der Waals surface area contributed by atoms with Gasteiger partial charge in [-0.3, -0.25) is 4.79 Å². The normalized spacial score (nSPS) is 11.6. The van der Waals surface area contributed by atoms with Gasteiger partial charge in [-0.25, -0.2) is 4.79 Å². The molecule has 120 valence electrons. The van der Waals surface area contributed by atoms with Gasteiger partial charge in [-0.2, -0.15) is 0 Å². The van der Waals surface area contributed by atoms with Gasteiger partial charge in [0.1, 0.15) is 0 Å². The van der Waals surface area contributed by atoms with Crippen molar-refractivity contribution in [2.75, 3.05) is 11.1 Å². The number of hydrogen-bond acceptors (Lipinski definition) is 4. The average molecular weight is 312 g/mol. The zero-order valence-corrected chi connectivity index (χ0v) is 13.2. The van der Waals surface area contributed by atoms with Crippen LogP contribution in [0.25, 0.3) is 0 Å². The van der Waals surface area contributed by atoms with Gasteiger partial charge in [-0.05, 0) is 43.2 Å². The largest absolute Gasteiger partial charge is 0.449 e. The molecule has 0 aromatic heterocycles. The van der Waals surface area contributed by atoms with E-state index in [2.05, 4.69) is 5.32 Å². The molecule has 0 bridgehead atoms. The smallest absolute Gasteiger partial charge is 0.338 e. The first-order chi connectivity index (χ1) is 11.0. The predicted octanol–water partition coefficient (Wildman–Crippen LogP) is 3.15. The molecule has 5 heteroatoms. The highest BCUT2D eigenvalue weighted by Gasteiger charge is 2.22. The molecule has 5 nitrogen and oxygen atoms in total. The molecule has 23 heavy (non-hydrogen) atoms. The number of amides is 1. The van der Waals surface area contributed by atoms with Crippen molar-refractivity contribution in [3.8, 4) is 0 Å². The van der Waals surface area contributed by atoms with Gasteiger partial charge in [0.15, 0.2) is 6.10 Å². The monoisotopic (exact) mass is 312 g/mol. The van der Waals surface area contributed by atoms with Crippen LogP contribution in [0, 0.1) is 6.92 Å². The Morgan fingerprint density at radius 1 is 1.17 bits per heavy atom. The third kappa shape index (κ3) is 4.32. The number of anilines is 2. The number of nitrogens with two attached hydrogens (primary N) is 1. The minimum absolute atomic E-state index is 0.326. The summed E-state index contributed by atoms with van der Waals surface area (Å²) in [7, 11) is 0. The number of esters is 1. The van der Waals surface area contributed by atoms with Crippen molar-refractivity contribution in [1.82, 2.24) is 0 Å². The summed E-state index contributed by atoms with van der Waals surface area (Å²) in [6, 6.07) is 13.9. The Morgan fingerprint density at radius 3 is 2.57 bits per heavy atom. The molecule has 0 saturated carbocycles. The van der Waals surface area contributed by atoms with Crippen LogP contribution in [0.5, 0.6) is 0 Å². The maximum Gasteiger partial charge on any atom is 0.338 e. The third-order valence-electron chi connectivity index (χ3n) is 3.44. The second kappa shape index (κ2) is 7.45. The summed E-state index contributed by atoms with van der Waals surface area (Å²) in [5.74, 6) is -0.914. The molecule has 0 fully saturated rings. The van der Waals surface area contributed by atoms with E-state index in [9.17, 15) is 9.59 Å². The van der Waals surface area contributed by atoms with Gasteiger partial charge in [-0.15, -0.1) is 0 Å². The van der Waals surface area contributed by atoms with E-state index in [1.54, 1.807) is 31.2 Å². The number of nitrogen functional groups attached to an aromatic ring is 1. The van der Waals surface area contributed by atoms with E-state index >= 15 is 0 Å². The van der Waals surface area contributed by atoms with Crippen molar-refractivity contribution in [2.24, 2.45) is 0 Å². The maximum atomic E-state index is 12.3. The van der Waals surface area contributed by atoms with Gasteiger partial charge in [0, 0.05) is 11.4 Å². The number of para-hydroxylation sites is 1. The molecule has 1 amide bonds. The van der Waals surface area contributed by atoms with Crippen LogP contribution < -0.4 is 11.1 Å². The van der Waals surface area contributed by atoms with Crippen LogP contribution in [-0.4, -0.2) is 18.0 Å². The summed E-state index contributed by atoms with van der Waals surface area (Å²) in [5, 5.41) is 2.79. The number of ether oxygens (including phenoxy) is 1. The first kappa shape index (κ1) is 16.5. The van der Waals surface area contributed by atoms with Crippen LogP contribution in [0.1, 0.15) is 29.3 Å². The summed E-state index contributed by atoms with van der Waals surface area (Å²) in [4.78, 5) is 24.4. The predicted molar refractivity (Wildman–Crippen MR) is 90.2 cm³/mol. The fourth-order valence-corrected chi connectivity index (χ4v) is 2.11. The summed E-state index contributed by atoms with van der Waals surface area (Å²) in [6.07, 6.45) is -0.477. The molecule has 2 aromatic carbocycles. The van der Waals surface area contributed by atoms with Gasteiger partial charge in [-0.1, -0.05) is 31.2 Å². The van der Waals surface area contributed by atoms with Gasteiger partial charge >= 0.3 is 5.97 Å². The van der Waals surface area contributed by atoms with Crippen molar-refractivity contribution >= 4 is 23.3 Å². The molecule has 0 saturated heterocycles. The van der Waals surface area contributed by atoms with Gasteiger partial charge in [0.05, 0.1) is 5.56 Å². The molecule has 2 aromatic rings. The topological polar surface area (TPSA) is 81.4 Å². The van der Waals surface area contributed by atoms with Gasteiger partial charge in [0.2, 0.25) is 0 Å². The summed E-state index contributed by atoms with van der Waals surface area (Å²) in [5.41, 5.74) is 8.09. The lowest BCUT2D eigenvalue weighted by Gasteiger charge is -2.17. The van der Waals surface area contributed by atoms with Crippen LogP contribution >= 0.6 is 0 Å². The fraction of sp³-hybridized carbons (Fsp3) is 0.222. The number of rotatable bonds is 5. The van der Waals surface area contributed by atoms with Crippen LogP contribution in [0.3, 0.4) is 0 Å². The summed E-state index contributed by atoms with van der Waals surface area (Å²) in [6.45, 7) is 3.68. The Balaban J connectivity index is 2.06. The van der Waals surface area contributed by atoms with Gasteiger partial charge < -0.3 is 15.8 Å². The molecule has 0 heterocycles. The molecule has 1 atom stereocenters. The van der Waals surface area contributed by atoms with Crippen LogP contribution in [0.15, 0.2) is 48.5 Å². The summed E-state index contributed by atoms with van der Waals surface area (Å²) < 4.78 is 5.31. The highest BCUT2D eigenvalue weighted by atomic mass is 16.5. The molecular formula is C18H20N2O3. The lowest BCUT2D eigenvalue weighted by Crippen LogP contribution is -2.32. The minimum atomic E-state index is -0.858. The zero-order chi connectivity index (χ0) is 16.8. The summed E-state index contributed by atoms with van der Waals surface area (Å²) >= 11 is 0. The molecule has 0 aliphatic heterocycles. The Bertz CT molecular complexity index is 713. The molecule has 0 aliphatic rings. The van der Waals surface area contributed by atoms with Crippen molar-refractivity contribution < 1.29 is 14.3 Å². The SMILES string of the molecule is CCC(OC(=O)c1cccc(N)c1)C(=O)Nc1ccccc1C. The minimum Gasteiger partial charge on any atom is -0.449 e. The van der Waals surface area contributed by atoms with E-state index in [1.807, 2.05) is 25.1 Å². The van der Waals surface area contributed by atoms with E-state index in [1.165, 1.54) is 6.07 Å². The number of aryl methyl sites for hydroxylation is 1. The lowest BCUT2D eigenvalue weighted by molar-refractivity contribution is -0.124. The Hall–Kier alpha value is -2.82. The first-order valence-corrected chi connectivity index (χ1v) is 7.44. The zero-order valence-electron chi connectivity index (χ0n) is 13.2. The van der Waals surface area contributed by atoms with Crippen LogP contribution in [0.4, 0.5) is 11.4 Å². The lowest BCUT2D eigenvalue weighted by atomic mass is 10.1. The Labute approximate surface area is 135 Å². The fourth-order valence-electron chi connectivity index (χ4n) is 2.11. The molecule has 0 aliphatic carbocycles. The van der Waals surface area contributed by atoms with Crippen molar-refractivity contribution in [1.29, 1.82) is 0 Å². The quantitative estimate of drug-likeness (QED) is 0.656. The number of hydrogen-bond donors (Lipinski definition) is 2. The Kier molecular flexibility index (Phi) is 5.36. The van der Waals surface area contributed by atoms with Crippen molar-refractivity contribution in [3.05, 3.63) is 59.7 Å². The second-order valence-electron chi connectivity index (χ2n) is 5.23. The van der Waals surface area contributed by atoms with E-state index in [0.717, 1.165) is 5.56 Å².